The third kappa shape index (κ3) is 3.40. The number of amides is 1. The number of hydrogen-bond acceptors (Lipinski definition) is 6. The van der Waals surface area contributed by atoms with E-state index in [9.17, 15) is 14.9 Å². The fraction of sp³-hybridized carbons (Fsp3) is 0.0588. The van der Waals surface area contributed by atoms with Crippen LogP contribution in [0.5, 0.6) is 5.75 Å². The van der Waals surface area contributed by atoms with Crippen LogP contribution in [0, 0.1) is 10.1 Å². The van der Waals surface area contributed by atoms with Gasteiger partial charge in [-0.25, -0.2) is 0 Å². The summed E-state index contributed by atoms with van der Waals surface area (Å²) < 4.78 is 5.66. The zero-order valence-electron chi connectivity index (χ0n) is 13.0. The number of thioether (sulfide) groups is 1. The SMILES string of the molecule is COc1ccccc1/C=C1/SC(=S)N(c2ccc([N+](=O)[O-])cc2)C1=O. The molecule has 0 unspecified atom stereocenters. The molecule has 1 heterocycles. The Morgan fingerprint density at radius 2 is 1.88 bits per heavy atom. The molecule has 0 atom stereocenters. The number of rotatable bonds is 4. The van der Waals surface area contributed by atoms with Crippen molar-refractivity contribution in [3.05, 3.63) is 69.1 Å². The maximum Gasteiger partial charge on any atom is 0.270 e. The molecule has 0 aliphatic carbocycles. The molecule has 1 fully saturated rings. The molecule has 0 bridgehead atoms. The molecular formula is C17H12N2O4S2. The molecule has 1 amide bonds. The van der Waals surface area contributed by atoms with E-state index in [1.54, 1.807) is 13.2 Å². The van der Waals surface area contributed by atoms with Crippen LogP contribution < -0.4 is 9.64 Å². The molecule has 0 spiro atoms. The highest BCUT2D eigenvalue weighted by Gasteiger charge is 2.33. The van der Waals surface area contributed by atoms with Gasteiger partial charge in [-0.05, 0) is 24.3 Å². The zero-order valence-corrected chi connectivity index (χ0v) is 14.7. The van der Waals surface area contributed by atoms with Crippen LogP contribution >= 0.6 is 24.0 Å². The van der Waals surface area contributed by atoms with Gasteiger partial charge in [0, 0.05) is 17.7 Å². The van der Waals surface area contributed by atoms with E-state index in [0.29, 0.717) is 20.7 Å². The number of carbonyl (C=O) groups is 1. The molecule has 1 aliphatic rings. The van der Waals surface area contributed by atoms with E-state index in [0.717, 1.165) is 5.56 Å². The maximum absolute atomic E-state index is 12.7. The molecule has 126 valence electrons. The first kappa shape index (κ1) is 17.1. The highest BCUT2D eigenvalue weighted by molar-refractivity contribution is 8.27. The van der Waals surface area contributed by atoms with Crippen LogP contribution in [0.3, 0.4) is 0 Å². The van der Waals surface area contributed by atoms with Crippen LogP contribution in [-0.2, 0) is 4.79 Å². The Hall–Kier alpha value is -2.71. The number of non-ortho nitro benzene ring substituents is 1. The number of carbonyl (C=O) groups excluding carboxylic acids is 1. The molecule has 0 aromatic heterocycles. The molecule has 1 aliphatic heterocycles. The second-order valence-corrected chi connectivity index (χ2v) is 6.71. The summed E-state index contributed by atoms with van der Waals surface area (Å²) in [5, 5.41) is 10.8. The van der Waals surface area contributed by atoms with Crippen molar-refractivity contribution in [1.29, 1.82) is 0 Å². The number of hydrogen-bond donors (Lipinski definition) is 0. The van der Waals surface area contributed by atoms with Crippen molar-refractivity contribution in [2.75, 3.05) is 12.0 Å². The van der Waals surface area contributed by atoms with Crippen molar-refractivity contribution in [3.63, 3.8) is 0 Å². The molecular weight excluding hydrogens is 360 g/mol. The monoisotopic (exact) mass is 372 g/mol. The van der Waals surface area contributed by atoms with Gasteiger partial charge in [-0.1, -0.05) is 42.2 Å². The normalized spacial score (nSPS) is 15.7. The van der Waals surface area contributed by atoms with E-state index in [2.05, 4.69) is 0 Å². The predicted octanol–water partition coefficient (Wildman–Crippen LogP) is 4.01. The first-order chi connectivity index (χ1) is 12.0. The molecule has 8 heteroatoms. The van der Waals surface area contributed by atoms with Gasteiger partial charge in [-0.3, -0.25) is 19.8 Å². The van der Waals surface area contributed by atoms with Gasteiger partial charge in [-0.2, -0.15) is 0 Å². The van der Waals surface area contributed by atoms with Crippen LogP contribution in [0.15, 0.2) is 53.4 Å². The van der Waals surface area contributed by atoms with E-state index in [4.69, 9.17) is 17.0 Å². The molecule has 6 nitrogen and oxygen atoms in total. The maximum atomic E-state index is 12.7. The summed E-state index contributed by atoms with van der Waals surface area (Å²) in [4.78, 5) is 24.8. The molecule has 0 saturated carbocycles. The van der Waals surface area contributed by atoms with Crippen molar-refractivity contribution >= 4 is 51.7 Å². The second-order valence-electron chi connectivity index (χ2n) is 5.03. The van der Waals surface area contributed by atoms with E-state index in [1.165, 1.54) is 40.9 Å². The number of para-hydroxylation sites is 1. The van der Waals surface area contributed by atoms with Gasteiger partial charge >= 0.3 is 0 Å². The molecule has 3 rings (SSSR count). The Bertz CT molecular complexity index is 894. The van der Waals surface area contributed by atoms with Gasteiger partial charge in [-0.15, -0.1) is 0 Å². The Morgan fingerprint density at radius 3 is 2.52 bits per heavy atom. The van der Waals surface area contributed by atoms with Crippen molar-refractivity contribution in [2.45, 2.75) is 0 Å². The first-order valence-electron chi connectivity index (χ1n) is 7.16. The molecule has 0 radical (unpaired) electrons. The minimum absolute atomic E-state index is 0.0428. The standard InChI is InChI=1S/C17H12N2O4S2/c1-23-14-5-3-2-4-11(14)10-15-16(20)18(17(24)25-15)12-6-8-13(9-7-12)19(21)22/h2-10H,1H3/b15-10+. The zero-order chi connectivity index (χ0) is 18.0. The third-order valence-electron chi connectivity index (χ3n) is 3.54. The van der Waals surface area contributed by atoms with Crippen molar-refractivity contribution in [1.82, 2.24) is 0 Å². The molecule has 2 aromatic rings. The fourth-order valence-corrected chi connectivity index (χ4v) is 3.63. The van der Waals surface area contributed by atoms with Gasteiger partial charge < -0.3 is 4.74 Å². The summed E-state index contributed by atoms with van der Waals surface area (Å²) in [6.07, 6.45) is 1.73. The van der Waals surface area contributed by atoms with Gasteiger partial charge in [0.1, 0.15) is 5.75 Å². The number of ether oxygens (including phenoxy) is 1. The summed E-state index contributed by atoms with van der Waals surface area (Å²) in [7, 11) is 1.56. The average molecular weight is 372 g/mol. The molecule has 1 saturated heterocycles. The lowest BCUT2D eigenvalue weighted by molar-refractivity contribution is -0.384. The van der Waals surface area contributed by atoms with Crippen LogP contribution in [0.1, 0.15) is 5.56 Å². The average Bonchev–Trinajstić information content (AvgIpc) is 2.89. The minimum atomic E-state index is -0.490. The highest BCUT2D eigenvalue weighted by Crippen LogP contribution is 2.37. The number of anilines is 1. The van der Waals surface area contributed by atoms with Crippen LogP contribution in [0.2, 0.25) is 0 Å². The summed E-state index contributed by atoms with van der Waals surface area (Å²) >= 11 is 6.48. The lowest BCUT2D eigenvalue weighted by Gasteiger charge is -2.14. The van der Waals surface area contributed by atoms with Crippen LogP contribution in [0.25, 0.3) is 6.08 Å². The first-order valence-corrected chi connectivity index (χ1v) is 8.39. The van der Waals surface area contributed by atoms with Crippen molar-refractivity contribution in [3.8, 4) is 5.75 Å². The van der Waals surface area contributed by atoms with Crippen LogP contribution in [-0.4, -0.2) is 22.3 Å². The van der Waals surface area contributed by atoms with Gasteiger partial charge in [0.25, 0.3) is 11.6 Å². The summed E-state index contributed by atoms with van der Waals surface area (Å²) in [6, 6.07) is 13.1. The summed E-state index contributed by atoms with van der Waals surface area (Å²) in [5.41, 5.74) is 1.23. The predicted molar refractivity (Wildman–Crippen MR) is 102 cm³/mol. The highest BCUT2D eigenvalue weighted by atomic mass is 32.2. The lowest BCUT2D eigenvalue weighted by Crippen LogP contribution is -2.27. The molecule has 25 heavy (non-hydrogen) atoms. The topological polar surface area (TPSA) is 72.7 Å². The Balaban J connectivity index is 1.92. The van der Waals surface area contributed by atoms with E-state index in [-0.39, 0.29) is 11.6 Å². The third-order valence-corrected chi connectivity index (χ3v) is 4.84. The summed E-state index contributed by atoms with van der Waals surface area (Å²) in [5.74, 6) is 0.387. The number of nitrogens with zero attached hydrogens (tertiary/aromatic N) is 2. The van der Waals surface area contributed by atoms with E-state index >= 15 is 0 Å². The Morgan fingerprint density at radius 1 is 1.20 bits per heavy atom. The van der Waals surface area contributed by atoms with Crippen molar-refractivity contribution in [2.24, 2.45) is 0 Å². The minimum Gasteiger partial charge on any atom is -0.496 e. The largest absolute Gasteiger partial charge is 0.496 e. The smallest absolute Gasteiger partial charge is 0.270 e. The quantitative estimate of drug-likeness (QED) is 0.349. The Labute approximate surface area is 153 Å². The van der Waals surface area contributed by atoms with Gasteiger partial charge in [0.2, 0.25) is 0 Å². The second kappa shape index (κ2) is 7.04. The lowest BCUT2D eigenvalue weighted by atomic mass is 10.2. The van der Waals surface area contributed by atoms with E-state index in [1.807, 2.05) is 24.3 Å². The fourth-order valence-electron chi connectivity index (χ4n) is 2.34. The summed E-state index contributed by atoms with van der Waals surface area (Å²) in [6.45, 7) is 0. The van der Waals surface area contributed by atoms with Crippen molar-refractivity contribution < 1.29 is 14.5 Å². The molecule has 0 N–H and O–H groups in total. The van der Waals surface area contributed by atoms with Crippen LogP contribution in [0.4, 0.5) is 11.4 Å². The Kier molecular flexibility index (Phi) is 4.82. The number of methoxy groups -OCH3 is 1. The number of thiocarbonyl (C=S) groups is 1. The van der Waals surface area contributed by atoms with Gasteiger partial charge in [0.05, 0.1) is 22.6 Å². The molecule has 2 aromatic carbocycles. The number of nitro groups is 1. The number of nitro benzene ring substituents is 1. The number of benzene rings is 2. The van der Waals surface area contributed by atoms with Gasteiger partial charge in [0.15, 0.2) is 4.32 Å². The van der Waals surface area contributed by atoms with E-state index < -0.39 is 4.92 Å².